The molecule has 0 radical (unpaired) electrons. The van der Waals surface area contributed by atoms with Crippen molar-refractivity contribution in [1.82, 2.24) is 0 Å². The molecule has 0 saturated carbocycles. The van der Waals surface area contributed by atoms with E-state index in [-0.39, 0.29) is 0 Å². The summed E-state index contributed by atoms with van der Waals surface area (Å²) >= 11 is 0. The average molecular weight is 240 g/mol. The van der Waals surface area contributed by atoms with Crippen molar-refractivity contribution < 1.29 is 9.84 Å². The third-order valence-electron chi connectivity index (χ3n) is 2.70. The highest BCUT2D eigenvalue weighted by molar-refractivity contribution is 5.24. The molecule has 2 atom stereocenters. The minimum absolute atomic E-state index is 0.463. The Bertz CT molecular complexity index is 479. The first kappa shape index (κ1) is 12.4. The highest BCUT2D eigenvalue weighted by Gasteiger charge is 2.19. The number of hydrogen-bond donors (Lipinski definition) is 1. The molecule has 2 heteroatoms. The number of hydrogen-bond acceptors (Lipinski definition) is 2. The van der Waals surface area contributed by atoms with E-state index < -0.39 is 12.2 Å². The Balaban J connectivity index is 2.12. The molecule has 0 spiro atoms. The Morgan fingerprint density at radius 3 is 2.06 bits per heavy atom. The lowest BCUT2D eigenvalue weighted by Gasteiger charge is -2.21. The van der Waals surface area contributed by atoms with Crippen molar-refractivity contribution >= 4 is 0 Å². The van der Waals surface area contributed by atoms with E-state index in [1.807, 2.05) is 60.7 Å². The van der Waals surface area contributed by atoms with Crippen molar-refractivity contribution in [1.29, 1.82) is 0 Å². The van der Waals surface area contributed by atoms with Gasteiger partial charge in [-0.1, -0.05) is 55.1 Å². The molecule has 0 heterocycles. The first-order valence-electron chi connectivity index (χ1n) is 5.88. The molecule has 2 nitrogen and oxygen atoms in total. The maximum absolute atomic E-state index is 10.2. The SMILES string of the molecule is C=C[C@@H](Oc1ccccc1)[C@@H](O)c1ccccc1. The zero-order valence-corrected chi connectivity index (χ0v) is 10.1. The second-order valence-corrected chi connectivity index (χ2v) is 3.99. The molecule has 0 aliphatic heterocycles. The van der Waals surface area contributed by atoms with Gasteiger partial charge in [0.1, 0.15) is 18.0 Å². The molecular weight excluding hydrogens is 224 g/mol. The highest BCUT2D eigenvalue weighted by atomic mass is 16.5. The van der Waals surface area contributed by atoms with Gasteiger partial charge in [-0.25, -0.2) is 0 Å². The number of rotatable bonds is 5. The van der Waals surface area contributed by atoms with E-state index in [1.54, 1.807) is 6.08 Å². The number of benzene rings is 2. The fourth-order valence-corrected chi connectivity index (χ4v) is 1.74. The second-order valence-electron chi connectivity index (χ2n) is 3.99. The van der Waals surface area contributed by atoms with Crippen LogP contribution in [-0.2, 0) is 0 Å². The van der Waals surface area contributed by atoms with Gasteiger partial charge < -0.3 is 9.84 Å². The predicted molar refractivity (Wildman–Crippen MR) is 72.5 cm³/mol. The Morgan fingerprint density at radius 2 is 1.50 bits per heavy atom. The van der Waals surface area contributed by atoms with Crippen LogP contribution in [0.25, 0.3) is 0 Å². The fourth-order valence-electron chi connectivity index (χ4n) is 1.74. The predicted octanol–water partition coefficient (Wildman–Crippen LogP) is 3.35. The maximum Gasteiger partial charge on any atom is 0.147 e. The third-order valence-corrected chi connectivity index (χ3v) is 2.70. The summed E-state index contributed by atoms with van der Waals surface area (Å²) in [7, 11) is 0. The van der Waals surface area contributed by atoms with E-state index in [0.717, 1.165) is 11.3 Å². The van der Waals surface area contributed by atoms with E-state index in [2.05, 4.69) is 6.58 Å². The maximum atomic E-state index is 10.2. The van der Waals surface area contributed by atoms with Crippen LogP contribution < -0.4 is 4.74 Å². The Kier molecular flexibility index (Phi) is 4.15. The highest BCUT2D eigenvalue weighted by Crippen LogP contribution is 2.22. The molecular formula is C16H16O2. The molecule has 0 amide bonds. The molecule has 0 saturated heterocycles. The monoisotopic (exact) mass is 240 g/mol. The number of aliphatic hydroxyl groups excluding tert-OH is 1. The number of para-hydroxylation sites is 1. The van der Waals surface area contributed by atoms with Gasteiger partial charge in [0, 0.05) is 0 Å². The largest absolute Gasteiger partial charge is 0.483 e. The van der Waals surface area contributed by atoms with Crippen LogP contribution >= 0.6 is 0 Å². The van der Waals surface area contributed by atoms with E-state index in [0.29, 0.717) is 0 Å². The zero-order chi connectivity index (χ0) is 12.8. The van der Waals surface area contributed by atoms with Gasteiger partial charge in [0.2, 0.25) is 0 Å². The number of aliphatic hydroxyl groups is 1. The van der Waals surface area contributed by atoms with Gasteiger partial charge in [0.05, 0.1) is 0 Å². The second kappa shape index (κ2) is 6.03. The summed E-state index contributed by atoms with van der Waals surface area (Å²) in [5, 5.41) is 10.2. The van der Waals surface area contributed by atoms with Crippen LogP contribution in [0.3, 0.4) is 0 Å². The summed E-state index contributed by atoms with van der Waals surface area (Å²) in [6.45, 7) is 3.72. The summed E-state index contributed by atoms with van der Waals surface area (Å²) in [4.78, 5) is 0. The fraction of sp³-hybridized carbons (Fsp3) is 0.125. The molecule has 0 unspecified atom stereocenters. The Morgan fingerprint density at radius 1 is 0.944 bits per heavy atom. The molecule has 0 fully saturated rings. The molecule has 2 aromatic rings. The van der Waals surface area contributed by atoms with Crippen LogP contribution in [0.1, 0.15) is 11.7 Å². The van der Waals surface area contributed by atoms with Gasteiger partial charge in [-0.15, -0.1) is 0 Å². The first-order chi connectivity index (χ1) is 8.81. The summed E-state index contributed by atoms with van der Waals surface area (Å²) in [5.74, 6) is 0.720. The van der Waals surface area contributed by atoms with Crippen molar-refractivity contribution in [3.63, 3.8) is 0 Å². The van der Waals surface area contributed by atoms with Crippen molar-refractivity contribution in [2.75, 3.05) is 0 Å². The smallest absolute Gasteiger partial charge is 0.147 e. The van der Waals surface area contributed by atoms with Gasteiger partial charge >= 0.3 is 0 Å². The van der Waals surface area contributed by atoms with Gasteiger partial charge in [0.15, 0.2) is 0 Å². The van der Waals surface area contributed by atoms with Crippen LogP contribution in [0.2, 0.25) is 0 Å². The van der Waals surface area contributed by atoms with E-state index in [1.165, 1.54) is 0 Å². The van der Waals surface area contributed by atoms with Crippen LogP contribution in [0.4, 0.5) is 0 Å². The molecule has 0 aliphatic rings. The van der Waals surface area contributed by atoms with Gasteiger partial charge in [-0.3, -0.25) is 0 Å². The van der Waals surface area contributed by atoms with Crippen molar-refractivity contribution in [2.45, 2.75) is 12.2 Å². The molecule has 1 N–H and O–H groups in total. The lowest BCUT2D eigenvalue weighted by Crippen LogP contribution is -2.22. The zero-order valence-electron chi connectivity index (χ0n) is 10.1. The molecule has 2 aromatic carbocycles. The molecule has 0 bridgehead atoms. The van der Waals surface area contributed by atoms with Crippen LogP contribution in [-0.4, -0.2) is 11.2 Å². The molecule has 0 aliphatic carbocycles. The van der Waals surface area contributed by atoms with E-state index in [4.69, 9.17) is 4.74 Å². The normalized spacial score (nSPS) is 13.6. The summed E-state index contributed by atoms with van der Waals surface area (Å²) in [6.07, 6.45) is 0.434. The van der Waals surface area contributed by atoms with Crippen molar-refractivity contribution in [3.05, 3.63) is 78.9 Å². The van der Waals surface area contributed by atoms with E-state index in [9.17, 15) is 5.11 Å². The lowest BCUT2D eigenvalue weighted by molar-refractivity contribution is 0.0638. The molecule has 0 aromatic heterocycles. The molecule has 18 heavy (non-hydrogen) atoms. The lowest BCUT2D eigenvalue weighted by atomic mass is 10.0. The van der Waals surface area contributed by atoms with Crippen LogP contribution in [0, 0.1) is 0 Å². The molecule has 92 valence electrons. The quantitative estimate of drug-likeness (QED) is 0.812. The summed E-state index contributed by atoms with van der Waals surface area (Å²) < 4.78 is 5.71. The first-order valence-corrected chi connectivity index (χ1v) is 5.88. The van der Waals surface area contributed by atoms with Gasteiger partial charge in [0.25, 0.3) is 0 Å². The topological polar surface area (TPSA) is 29.5 Å². The van der Waals surface area contributed by atoms with Gasteiger partial charge in [-0.2, -0.15) is 0 Å². The molecule has 2 rings (SSSR count). The Hall–Kier alpha value is -2.06. The minimum Gasteiger partial charge on any atom is -0.483 e. The number of ether oxygens (including phenoxy) is 1. The summed E-state index contributed by atoms with van der Waals surface area (Å²) in [6, 6.07) is 18.9. The van der Waals surface area contributed by atoms with Crippen molar-refractivity contribution in [2.24, 2.45) is 0 Å². The standard InChI is InChI=1S/C16H16O2/c1-2-15(18-14-11-7-4-8-12-14)16(17)13-9-5-3-6-10-13/h2-12,15-17H,1H2/t15-,16+/m1/s1. The van der Waals surface area contributed by atoms with Crippen LogP contribution in [0.15, 0.2) is 73.3 Å². The van der Waals surface area contributed by atoms with Gasteiger partial charge in [-0.05, 0) is 23.8 Å². The van der Waals surface area contributed by atoms with E-state index >= 15 is 0 Å². The Labute approximate surface area is 107 Å². The average Bonchev–Trinajstić information content (AvgIpc) is 2.46. The minimum atomic E-state index is -0.719. The van der Waals surface area contributed by atoms with Crippen LogP contribution in [0.5, 0.6) is 5.75 Å². The summed E-state index contributed by atoms with van der Waals surface area (Å²) in [5.41, 5.74) is 0.818. The third kappa shape index (κ3) is 2.99. The van der Waals surface area contributed by atoms with Crippen molar-refractivity contribution in [3.8, 4) is 5.75 Å².